The van der Waals surface area contributed by atoms with Gasteiger partial charge < -0.3 is 14.6 Å². The normalized spacial score (nSPS) is 14.0. The molecule has 0 atom stereocenters. The topological polar surface area (TPSA) is 76.1 Å². The van der Waals surface area contributed by atoms with Gasteiger partial charge in [0.1, 0.15) is 11.5 Å². The summed E-state index contributed by atoms with van der Waals surface area (Å²) in [6, 6.07) is 14.0. The zero-order valence-electron chi connectivity index (χ0n) is 16.4. The van der Waals surface area contributed by atoms with Crippen molar-refractivity contribution in [2.75, 3.05) is 31.0 Å². The van der Waals surface area contributed by atoms with Crippen LogP contribution in [-0.2, 0) is 9.59 Å². The van der Waals surface area contributed by atoms with E-state index in [4.69, 9.17) is 9.47 Å². The smallest absolute Gasteiger partial charge is 0.272 e. The highest BCUT2D eigenvalue weighted by Crippen LogP contribution is 2.39. The van der Waals surface area contributed by atoms with Gasteiger partial charge in [0.25, 0.3) is 11.8 Å². The molecule has 0 aliphatic carbocycles. The van der Waals surface area contributed by atoms with Crippen molar-refractivity contribution in [3.8, 4) is 11.5 Å². The Bertz CT molecular complexity index is 923. The van der Waals surface area contributed by atoms with Crippen LogP contribution in [0.15, 0.2) is 53.4 Å². The lowest BCUT2D eigenvalue weighted by atomic mass is 10.1. The van der Waals surface area contributed by atoms with E-state index in [0.717, 1.165) is 11.3 Å². The fourth-order valence-electron chi connectivity index (χ4n) is 2.97. The van der Waals surface area contributed by atoms with Gasteiger partial charge in [-0.3, -0.25) is 9.59 Å². The van der Waals surface area contributed by atoms with E-state index in [1.807, 2.05) is 6.92 Å². The third-order valence-electron chi connectivity index (χ3n) is 4.31. The van der Waals surface area contributed by atoms with Crippen molar-refractivity contribution in [2.45, 2.75) is 13.3 Å². The Labute approximate surface area is 174 Å². The highest BCUT2D eigenvalue weighted by Gasteiger charge is 2.40. The summed E-state index contributed by atoms with van der Waals surface area (Å²) in [6.07, 6.45) is 0.858. The quantitative estimate of drug-likeness (QED) is 0.634. The molecule has 0 radical (unpaired) electrons. The Morgan fingerprint density at radius 1 is 1.03 bits per heavy atom. The number of carbonyl (C=O) groups is 2. The number of rotatable bonds is 9. The number of carbonyl (C=O) groups excluding carboxylic acids is 2. The molecule has 0 bridgehead atoms. The fraction of sp³-hybridized carbons (Fsp3) is 0.273. The Morgan fingerprint density at radius 2 is 1.79 bits per heavy atom. The minimum absolute atomic E-state index is 0.0914. The predicted molar refractivity (Wildman–Crippen MR) is 114 cm³/mol. The van der Waals surface area contributed by atoms with Crippen LogP contribution >= 0.6 is 11.8 Å². The SMILES string of the molecule is CCCOc1cccc(N2C(=O)C(SCCO)=C(c3ccc(OC)cc3)C2=O)c1. The molecule has 2 amide bonds. The molecule has 2 aromatic carbocycles. The number of hydrogen-bond donors (Lipinski definition) is 1. The van der Waals surface area contributed by atoms with Crippen molar-refractivity contribution in [2.24, 2.45) is 0 Å². The van der Waals surface area contributed by atoms with Gasteiger partial charge in [-0.05, 0) is 36.2 Å². The number of ether oxygens (including phenoxy) is 2. The highest BCUT2D eigenvalue weighted by molar-refractivity contribution is 8.04. The molecule has 0 saturated carbocycles. The summed E-state index contributed by atoms with van der Waals surface area (Å²) in [5.41, 5.74) is 1.42. The molecule has 152 valence electrons. The fourth-order valence-corrected chi connectivity index (χ4v) is 3.83. The number of nitrogens with zero attached hydrogens (tertiary/aromatic N) is 1. The van der Waals surface area contributed by atoms with E-state index in [1.54, 1.807) is 55.6 Å². The van der Waals surface area contributed by atoms with Crippen LogP contribution in [0.3, 0.4) is 0 Å². The summed E-state index contributed by atoms with van der Waals surface area (Å²) in [6.45, 7) is 2.47. The van der Waals surface area contributed by atoms with E-state index in [1.165, 1.54) is 11.8 Å². The van der Waals surface area contributed by atoms with E-state index in [2.05, 4.69) is 0 Å². The molecule has 6 nitrogen and oxygen atoms in total. The molecule has 0 aromatic heterocycles. The van der Waals surface area contributed by atoms with Crippen molar-refractivity contribution < 1.29 is 24.2 Å². The molecule has 1 aliphatic rings. The van der Waals surface area contributed by atoms with Crippen LogP contribution in [0.1, 0.15) is 18.9 Å². The van der Waals surface area contributed by atoms with Gasteiger partial charge in [-0.15, -0.1) is 11.8 Å². The molecule has 29 heavy (non-hydrogen) atoms. The van der Waals surface area contributed by atoms with Crippen molar-refractivity contribution in [3.05, 3.63) is 59.0 Å². The first-order chi connectivity index (χ1) is 14.1. The molecular formula is C22H23NO5S. The number of benzene rings is 2. The minimum atomic E-state index is -0.396. The number of aliphatic hydroxyl groups is 1. The van der Waals surface area contributed by atoms with Gasteiger partial charge in [0, 0.05) is 11.8 Å². The summed E-state index contributed by atoms with van der Waals surface area (Å²) >= 11 is 1.18. The van der Waals surface area contributed by atoms with Gasteiger partial charge in [0.05, 0.1) is 36.5 Å². The summed E-state index contributed by atoms with van der Waals surface area (Å²) in [4.78, 5) is 27.9. The number of hydrogen-bond acceptors (Lipinski definition) is 6. The number of amides is 2. The van der Waals surface area contributed by atoms with Gasteiger partial charge in [-0.25, -0.2) is 4.90 Å². The van der Waals surface area contributed by atoms with E-state index in [9.17, 15) is 14.7 Å². The number of aliphatic hydroxyl groups excluding tert-OH is 1. The second-order valence-electron chi connectivity index (χ2n) is 6.30. The molecule has 0 fully saturated rings. The summed E-state index contributed by atoms with van der Waals surface area (Å²) < 4.78 is 10.8. The number of imide groups is 1. The maximum absolute atomic E-state index is 13.3. The highest BCUT2D eigenvalue weighted by atomic mass is 32.2. The average Bonchev–Trinajstić information content (AvgIpc) is 3.00. The number of anilines is 1. The van der Waals surface area contributed by atoms with Crippen LogP contribution in [0, 0.1) is 0 Å². The first-order valence-corrected chi connectivity index (χ1v) is 10.3. The standard InChI is InChI=1S/C22H23NO5S/c1-3-12-28-18-6-4-5-16(14-18)23-21(25)19(20(22(23)26)29-13-11-24)15-7-9-17(27-2)10-8-15/h4-10,14,24H,3,11-13H2,1-2H3. The first-order valence-electron chi connectivity index (χ1n) is 9.34. The largest absolute Gasteiger partial charge is 0.497 e. The van der Waals surface area contributed by atoms with Crippen molar-refractivity contribution in [1.29, 1.82) is 0 Å². The molecule has 7 heteroatoms. The molecule has 1 heterocycles. The molecule has 0 unspecified atom stereocenters. The van der Waals surface area contributed by atoms with Crippen LogP contribution in [0.25, 0.3) is 5.57 Å². The van der Waals surface area contributed by atoms with Gasteiger partial charge >= 0.3 is 0 Å². The minimum Gasteiger partial charge on any atom is -0.497 e. The second-order valence-corrected chi connectivity index (χ2v) is 7.40. The summed E-state index contributed by atoms with van der Waals surface area (Å²) in [7, 11) is 1.57. The maximum atomic E-state index is 13.3. The second kappa shape index (κ2) is 9.62. The molecule has 0 spiro atoms. The van der Waals surface area contributed by atoms with E-state index in [0.29, 0.717) is 45.6 Å². The lowest BCUT2D eigenvalue weighted by Crippen LogP contribution is -2.31. The molecule has 0 saturated heterocycles. The van der Waals surface area contributed by atoms with E-state index in [-0.39, 0.29) is 6.61 Å². The van der Waals surface area contributed by atoms with Gasteiger partial charge in [-0.1, -0.05) is 25.1 Å². The molecule has 1 aliphatic heterocycles. The molecule has 1 N–H and O–H groups in total. The van der Waals surface area contributed by atoms with E-state index < -0.39 is 11.8 Å². The monoisotopic (exact) mass is 413 g/mol. The Kier molecular flexibility index (Phi) is 6.95. The number of methoxy groups -OCH3 is 1. The van der Waals surface area contributed by atoms with Crippen LogP contribution in [0.4, 0.5) is 5.69 Å². The first kappa shape index (κ1) is 21.0. The third-order valence-corrected chi connectivity index (χ3v) is 5.36. The summed E-state index contributed by atoms with van der Waals surface area (Å²) in [5.74, 6) is 0.794. The molecule has 2 aromatic rings. The lowest BCUT2D eigenvalue weighted by Gasteiger charge is -2.16. The number of thioether (sulfide) groups is 1. The van der Waals surface area contributed by atoms with Crippen molar-refractivity contribution in [1.82, 2.24) is 0 Å². The van der Waals surface area contributed by atoms with Crippen molar-refractivity contribution >= 4 is 34.8 Å². The Hall–Kier alpha value is -2.77. The van der Waals surface area contributed by atoms with Crippen LogP contribution in [-0.4, -0.2) is 43.0 Å². The maximum Gasteiger partial charge on any atom is 0.272 e. The van der Waals surface area contributed by atoms with Crippen LogP contribution < -0.4 is 14.4 Å². The van der Waals surface area contributed by atoms with Crippen LogP contribution in [0.2, 0.25) is 0 Å². The van der Waals surface area contributed by atoms with E-state index >= 15 is 0 Å². The predicted octanol–water partition coefficient (Wildman–Crippen LogP) is 3.49. The lowest BCUT2D eigenvalue weighted by molar-refractivity contribution is -0.119. The van der Waals surface area contributed by atoms with Crippen LogP contribution in [0.5, 0.6) is 11.5 Å². The van der Waals surface area contributed by atoms with Gasteiger partial charge in [0.2, 0.25) is 0 Å². The molecular weight excluding hydrogens is 390 g/mol. The summed E-state index contributed by atoms with van der Waals surface area (Å²) in [5, 5.41) is 9.22. The van der Waals surface area contributed by atoms with Crippen molar-refractivity contribution in [3.63, 3.8) is 0 Å². The zero-order chi connectivity index (χ0) is 20.8. The van der Waals surface area contributed by atoms with Gasteiger partial charge in [0.15, 0.2) is 0 Å². The average molecular weight is 413 g/mol. The zero-order valence-corrected chi connectivity index (χ0v) is 17.2. The third kappa shape index (κ3) is 4.46. The van der Waals surface area contributed by atoms with Gasteiger partial charge in [-0.2, -0.15) is 0 Å². The Balaban J connectivity index is 1.99. The Morgan fingerprint density at radius 3 is 2.45 bits per heavy atom. The molecule has 3 rings (SSSR count).